The Bertz CT molecular complexity index is 551. The summed E-state index contributed by atoms with van der Waals surface area (Å²) in [6.45, 7) is 0.720. The maximum Gasteiger partial charge on any atom is 0.241 e. The minimum Gasteiger partial charge on any atom is -0.363 e. The van der Waals surface area contributed by atoms with Gasteiger partial charge in [0.2, 0.25) is 5.91 Å². The van der Waals surface area contributed by atoms with E-state index in [9.17, 15) is 4.79 Å². The minimum atomic E-state index is -0.213. The first-order valence-corrected chi connectivity index (χ1v) is 5.83. The summed E-state index contributed by atoms with van der Waals surface area (Å²) >= 11 is 0. The van der Waals surface area contributed by atoms with Gasteiger partial charge in [0, 0.05) is 6.54 Å². The van der Waals surface area contributed by atoms with Crippen molar-refractivity contribution in [1.82, 2.24) is 10.5 Å². The molecule has 0 bridgehead atoms. The zero-order chi connectivity index (χ0) is 12.4. The van der Waals surface area contributed by atoms with Crippen molar-refractivity contribution in [1.29, 1.82) is 0 Å². The number of carbonyl (C=O) groups excluding carboxylic acids is 1. The standard InChI is InChI=1S/C13H13N3O2/c17-13(16-11-7-15-18-8-11)12-5-9-3-1-2-4-10(9)6-14-12/h1-4,7-8,12,14H,5-6H2,(H,16,17). The Hall–Kier alpha value is -2.14. The van der Waals surface area contributed by atoms with Crippen molar-refractivity contribution in [2.45, 2.75) is 19.0 Å². The van der Waals surface area contributed by atoms with Gasteiger partial charge in [-0.15, -0.1) is 0 Å². The number of aromatic nitrogens is 1. The summed E-state index contributed by atoms with van der Waals surface area (Å²) in [5.41, 5.74) is 3.06. The second-order valence-electron chi connectivity index (χ2n) is 4.31. The van der Waals surface area contributed by atoms with Crippen molar-refractivity contribution in [2.24, 2.45) is 0 Å². The number of rotatable bonds is 2. The lowest BCUT2D eigenvalue weighted by molar-refractivity contribution is -0.118. The number of nitrogens with one attached hydrogen (secondary N) is 2. The van der Waals surface area contributed by atoms with Gasteiger partial charge in [-0.2, -0.15) is 0 Å². The number of hydrogen-bond donors (Lipinski definition) is 2. The molecule has 1 aromatic heterocycles. The normalized spacial score (nSPS) is 18.1. The zero-order valence-electron chi connectivity index (χ0n) is 9.72. The SMILES string of the molecule is O=C(Nc1cnoc1)C1Cc2ccccc2CN1. The Morgan fingerprint density at radius 3 is 3.00 bits per heavy atom. The minimum absolute atomic E-state index is 0.0623. The molecule has 0 aliphatic carbocycles. The third-order valence-corrected chi connectivity index (χ3v) is 3.10. The monoisotopic (exact) mass is 243 g/mol. The van der Waals surface area contributed by atoms with Gasteiger partial charge in [0.25, 0.3) is 0 Å². The van der Waals surface area contributed by atoms with Crippen LogP contribution in [0.15, 0.2) is 41.2 Å². The van der Waals surface area contributed by atoms with E-state index in [4.69, 9.17) is 0 Å². The average Bonchev–Trinajstić information content (AvgIpc) is 2.91. The van der Waals surface area contributed by atoms with Crippen molar-refractivity contribution < 1.29 is 9.32 Å². The fourth-order valence-electron chi connectivity index (χ4n) is 2.14. The molecule has 0 spiro atoms. The molecule has 2 heterocycles. The highest BCUT2D eigenvalue weighted by molar-refractivity contribution is 5.94. The molecule has 5 nitrogen and oxygen atoms in total. The zero-order valence-corrected chi connectivity index (χ0v) is 9.72. The predicted octanol–water partition coefficient (Wildman–Crippen LogP) is 1.33. The second kappa shape index (κ2) is 4.62. The van der Waals surface area contributed by atoms with Crippen molar-refractivity contribution in [3.8, 4) is 0 Å². The molecule has 0 saturated carbocycles. The van der Waals surface area contributed by atoms with E-state index in [0.29, 0.717) is 12.1 Å². The van der Waals surface area contributed by atoms with Gasteiger partial charge >= 0.3 is 0 Å². The van der Waals surface area contributed by atoms with E-state index in [0.717, 1.165) is 6.54 Å². The third-order valence-electron chi connectivity index (χ3n) is 3.10. The summed E-state index contributed by atoms with van der Waals surface area (Å²) in [4.78, 5) is 12.0. The fourth-order valence-corrected chi connectivity index (χ4v) is 2.14. The van der Waals surface area contributed by atoms with Gasteiger partial charge in [-0.3, -0.25) is 4.79 Å². The van der Waals surface area contributed by atoms with E-state index in [1.54, 1.807) is 0 Å². The summed E-state index contributed by atoms with van der Waals surface area (Å²) in [7, 11) is 0. The smallest absolute Gasteiger partial charge is 0.241 e. The molecular weight excluding hydrogens is 230 g/mol. The Morgan fingerprint density at radius 1 is 1.39 bits per heavy atom. The molecule has 3 rings (SSSR count). The number of anilines is 1. The first-order chi connectivity index (χ1) is 8.83. The highest BCUT2D eigenvalue weighted by Crippen LogP contribution is 2.17. The summed E-state index contributed by atoms with van der Waals surface area (Å²) in [5.74, 6) is -0.0623. The molecule has 1 aromatic carbocycles. The van der Waals surface area contributed by atoms with Gasteiger partial charge in [0.05, 0.1) is 12.2 Å². The number of hydrogen-bond acceptors (Lipinski definition) is 4. The number of fused-ring (bicyclic) bond motifs is 1. The molecule has 1 atom stereocenters. The molecule has 0 fully saturated rings. The maximum atomic E-state index is 12.0. The van der Waals surface area contributed by atoms with Crippen LogP contribution < -0.4 is 10.6 Å². The van der Waals surface area contributed by atoms with Crippen LogP contribution in [0.25, 0.3) is 0 Å². The van der Waals surface area contributed by atoms with Crippen LogP contribution in [-0.2, 0) is 17.8 Å². The molecule has 5 heteroatoms. The van der Waals surface area contributed by atoms with Gasteiger partial charge in [-0.1, -0.05) is 29.4 Å². The van der Waals surface area contributed by atoms with E-state index in [2.05, 4.69) is 32.4 Å². The largest absolute Gasteiger partial charge is 0.363 e. The maximum absolute atomic E-state index is 12.0. The Labute approximate surface area is 104 Å². The summed E-state index contributed by atoms with van der Waals surface area (Å²) < 4.78 is 4.67. The lowest BCUT2D eigenvalue weighted by Crippen LogP contribution is -2.44. The van der Waals surface area contributed by atoms with Crippen LogP contribution >= 0.6 is 0 Å². The van der Waals surface area contributed by atoms with E-state index in [-0.39, 0.29) is 11.9 Å². The number of nitrogens with zero attached hydrogens (tertiary/aromatic N) is 1. The molecule has 1 aliphatic heterocycles. The Morgan fingerprint density at radius 2 is 2.22 bits per heavy atom. The van der Waals surface area contributed by atoms with Crippen molar-refractivity contribution in [3.05, 3.63) is 47.9 Å². The number of carbonyl (C=O) groups is 1. The second-order valence-corrected chi connectivity index (χ2v) is 4.31. The first kappa shape index (κ1) is 11.0. The Balaban J connectivity index is 1.70. The molecule has 92 valence electrons. The fraction of sp³-hybridized carbons (Fsp3) is 0.231. The highest BCUT2D eigenvalue weighted by atomic mass is 16.5. The van der Waals surface area contributed by atoms with Crippen LogP contribution in [0.4, 0.5) is 5.69 Å². The molecule has 0 saturated heterocycles. The van der Waals surface area contributed by atoms with E-state index >= 15 is 0 Å². The molecule has 2 aromatic rings. The van der Waals surface area contributed by atoms with Crippen molar-refractivity contribution in [2.75, 3.05) is 5.32 Å². The topological polar surface area (TPSA) is 67.2 Å². The number of benzene rings is 1. The van der Waals surface area contributed by atoms with E-state index < -0.39 is 0 Å². The summed E-state index contributed by atoms with van der Waals surface area (Å²) in [6, 6.07) is 7.94. The van der Waals surface area contributed by atoms with Crippen LogP contribution in [0.2, 0.25) is 0 Å². The van der Waals surface area contributed by atoms with Crippen LogP contribution in [0.5, 0.6) is 0 Å². The van der Waals surface area contributed by atoms with Crippen molar-refractivity contribution in [3.63, 3.8) is 0 Å². The molecule has 1 unspecified atom stereocenters. The van der Waals surface area contributed by atoms with Gasteiger partial charge in [-0.25, -0.2) is 0 Å². The molecule has 1 amide bonds. The van der Waals surface area contributed by atoms with E-state index in [1.807, 2.05) is 12.1 Å². The van der Waals surface area contributed by atoms with Crippen LogP contribution in [-0.4, -0.2) is 17.1 Å². The quantitative estimate of drug-likeness (QED) is 0.835. The molecule has 18 heavy (non-hydrogen) atoms. The lowest BCUT2D eigenvalue weighted by Gasteiger charge is -2.24. The molecule has 1 aliphatic rings. The molecular formula is C13H13N3O2. The van der Waals surface area contributed by atoms with Gasteiger partial charge in [0.15, 0.2) is 0 Å². The summed E-state index contributed by atoms with van der Waals surface area (Å²) in [6.07, 6.45) is 3.59. The average molecular weight is 243 g/mol. The van der Waals surface area contributed by atoms with E-state index in [1.165, 1.54) is 23.6 Å². The van der Waals surface area contributed by atoms with Crippen molar-refractivity contribution >= 4 is 11.6 Å². The van der Waals surface area contributed by atoms with Crippen LogP contribution in [0, 0.1) is 0 Å². The predicted molar refractivity (Wildman–Crippen MR) is 65.9 cm³/mol. The summed E-state index contributed by atoms with van der Waals surface area (Å²) in [5, 5.41) is 9.54. The first-order valence-electron chi connectivity index (χ1n) is 5.83. The van der Waals surface area contributed by atoms with Gasteiger partial charge in [0.1, 0.15) is 12.0 Å². The molecule has 2 N–H and O–H groups in total. The third kappa shape index (κ3) is 2.12. The van der Waals surface area contributed by atoms with Gasteiger partial charge in [-0.05, 0) is 17.5 Å². The molecule has 0 radical (unpaired) electrons. The van der Waals surface area contributed by atoms with Crippen LogP contribution in [0.3, 0.4) is 0 Å². The highest BCUT2D eigenvalue weighted by Gasteiger charge is 2.23. The van der Waals surface area contributed by atoms with Crippen LogP contribution in [0.1, 0.15) is 11.1 Å². The van der Waals surface area contributed by atoms with Gasteiger partial charge < -0.3 is 15.2 Å². The lowest BCUT2D eigenvalue weighted by atomic mass is 9.95. The number of amides is 1. The Kier molecular flexibility index (Phi) is 2.82.